The van der Waals surface area contributed by atoms with Crippen LogP contribution in [0, 0.1) is 0 Å². The first kappa shape index (κ1) is 18.7. The van der Waals surface area contributed by atoms with Crippen molar-refractivity contribution < 1.29 is 9.53 Å². The average molecular weight is 386 g/mol. The highest BCUT2D eigenvalue weighted by atomic mass is 16.5. The van der Waals surface area contributed by atoms with E-state index in [0.29, 0.717) is 18.2 Å². The Kier molecular flexibility index (Phi) is 5.27. The van der Waals surface area contributed by atoms with E-state index in [1.165, 1.54) is 0 Å². The van der Waals surface area contributed by atoms with Crippen LogP contribution in [0.1, 0.15) is 5.56 Å². The molecule has 0 atom stereocenters. The fraction of sp³-hybridized carbons (Fsp3) is 0.130. The van der Waals surface area contributed by atoms with Gasteiger partial charge in [0.15, 0.2) is 0 Å². The fourth-order valence-corrected chi connectivity index (χ4v) is 3.22. The molecular weight excluding hydrogens is 364 g/mol. The Hall–Kier alpha value is -3.64. The highest BCUT2D eigenvalue weighted by Crippen LogP contribution is 2.30. The van der Waals surface area contributed by atoms with Crippen molar-refractivity contribution in [1.29, 1.82) is 0 Å². The van der Waals surface area contributed by atoms with Gasteiger partial charge in [-0.25, -0.2) is 4.98 Å². The molecule has 0 saturated heterocycles. The summed E-state index contributed by atoms with van der Waals surface area (Å²) in [6.45, 7) is 0.662. The third-order valence-electron chi connectivity index (χ3n) is 4.85. The zero-order chi connectivity index (χ0) is 20.2. The van der Waals surface area contributed by atoms with E-state index < -0.39 is 0 Å². The number of ether oxygens (including phenoxy) is 1. The maximum atomic E-state index is 12.8. The molecule has 0 aliphatic heterocycles. The molecule has 29 heavy (non-hydrogen) atoms. The second kappa shape index (κ2) is 8.16. The Morgan fingerprint density at radius 3 is 2.72 bits per heavy atom. The number of benzene rings is 2. The van der Waals surface area contributed by atoms with Crippen molar-refractivity contribution in [2.45, 2.75) is 13.1 Å². The van der Waals surface area contributed by atoms with Crippen LogP contribution in [0.25, 0.3) is 10.9 Å². The standard InChI is InChI=1S/C23H22N4O2/c1-26(18-6-3-2-4-7-18)23(28)16-27-13-11-19-20(27)8-5-9-21(19)29-22-14-17(15-24)10-12-25-22/h2-14H,15-16,24H2,1H3. The van der Waals surface area contributed by atoms with Gasteiger partial charge in [-0.05, 0) is 42.0 Å². The summed E-state index contributed by atoms with van der Waals surface area (Å²) in [7, 11) is 1.79. The Balaban J connectivity index is 1.58. The number of carbonyl (C=O) groups excluding carboxylic acids is 1. The molecule has 2 aromatic carbocycles. The lowest BCUT2D eigenvalue weighted by atomic mass is 10.2. The van der Waals surface area contributed by atoms with Crippen LogP contribution in [0.2, 0.25) is 0 Å². The van der Waals surface area contributed by atoms with Crippen molar-refractivity contribution in [3.63, 3.8) is 0 Å². The second-order valence-electron chi connectivity index (χ2n) is 6.73. The smallest absolute Gasteiger partial charge is 0.246 e. The number of pyridine rings is 1. The molecule has 4 aromatic rings. The van der Waals surface area contributed by atoms with Crippen LogP contribution in [0.3, 0.4) is 0 Å². The summed E-state index contributed by atoms with van der Waals surface area (Å²) in [5.74, 6) is 1.18. The van der Waals surface area contributed by atoms with Crippen molar-refractivity contribution in [2.75, 3.05) is 11.9 Å². The topological polar surface area (TPSA) is 73.4 Å². The monoisotopic (exact) mass is 386 g/mol. The van der Waals surface area contributed by atoms with E-state index in [4.69, 9.17) is 10.5 Å². The van der Waals surface area contributed by atoms with Crippen LogP contribution in [0.5, 0.6) is 11.6 Å². The molecule has 0 aliphatic carbocycles. The zero-order valence-electron chi connectivity index (χ0n) is 16.2. The first-order valence-electron chi connectivity index (χ1n) is 9.38. The van der Waals surface area contributed by atoms with E-state index in [2.05, 4.69) is 4.98 Å². The van der Waals surface area contributed by atoms with Crippen molar-refractivity contribution >= 4 is 22.5 Å². The van der Waals surface area contributed by atoms with Crippen LogP contribution < -0.4 is 15.4 Å². The van der Waals surface area contributed by atoms with Gasteiger partial charge in [-0.15, -0.1) is 0 Å². The van der Waals surface area contributed by atoms with Gasteiger partial charge in [-0.1, -0.05) is 24.3 Å². The molecule has 4 rings (SSSR count). The fourth-order valence-electron chi connectivity index (χ4n) is 3.22. The average Bonchev–Trinajstić information content (AvgIpc) is 3.17. The van der Waals surface area contributed by atoms with Crippen LogP contribution in [0.4, 0.5) is 5.69 Å². The minimum absolute atomic E-state index is 0.00247. The van der Waals surface area contributed by atoms with E-state index in [0.717, 1.165) is 22.2 Å². The predicted molar refractivity (Wildman–Crippen MR) is 114 cm³/mol. The molecule has 2 aromatic heterocycles. The van der Waals surface area contributed by atoms with Gasteiger partial charge in [0.25, 0.3) is 0 Å². The van der Waals surface area contributed by atoms with Crippen molar-refractivity contribution in [2.24, 2.45) is 5.73 Å². The summed E-state index contributed by atoms with van der Waals surface area (Å²) in [5, 5.41) is 0.919. The molecule has 2 N–H and O–H groups in total. The maximum Gasteiger partial charge on any atom is 0.246 e. The number of hydrogen-bond donors (Lipinski definition) is 1. The van der Waals surface area contributed by atoms with Gasteiger partial charge in [0.05, 0.1) is 5.52 Å². The highest BCUT2D eigenvalue weighted by molar-refractivity contribution is 5.94. The Bertz CT molecular complexity index is 1140. The lowest BCUT2D eigenvalue weighted by molar-refractivity contribution is -0.118. The van der Waals surface area contributed by atoms with Crippen molar-refractivity contribution in [3.8, 4) is 11.6 Å². The number of carbonyl (C=O) groups is 1. The van der Waals surface area contributed by atoms with Crippen LogP contribution in [0.15, 0.2) is 79.1 Å². The highest BCUT2D eigenvalue weighted by Gasteiger charge is 2.14. The van der Waals surface area contributed by atoms with Crippen LogP contribution >= 0.6 is 0 Å². The number of likely N-dealkylation sites (N-methyl/N-ethyl adjacent to an activating group) is 1. The minimum atomic E-state index is -0.00247. The second-order valence-corrected chi connectivity index (χ2v) is 6.73. The summed E-state index contributed by atoms with van der Waals surface area (Å²) >= 11 is 0. The molecule has 146 valence electrons. The number of fused-ring (bicyclic) bond motifs is 1. The van der Waals surface area contributed by atoms with E-state index >= 15 is 0 Å². The normalized spacial score (nSPS) is 10.8. The van der Waals surface area contributed by atoms with Gasteiger partial charge in [0.1, 0.15) is 12.3 Å². The van der Waals surface area contributed by atoms with Gasteiger partial charge in [-0.3, -0.25) is 4.79 Å². The van der Waals surface area contributed by atoms with Crippen LogP contribution in [-0.2, 0) is 17.9 Å². The van der Waals surface area contributed by atoms with E-state index in [1.54, 1.807) is 18.1 Å². The van der Waals surface area contributed by atoms with Gasteiger partial charge in [0, 0.05) is 43.1 Å². The molecule has 0 saturated carbocycles. The first-order chi connectivity index (χ1) is 14.2. The van der Waals surface area contributed by atoms with E-state index in [-0.39, 0.29) is 12.5 Å². The first-order valence-corrected chi connectivity index (χ1v) is 9.38. The number of aromatic nitrogens is 2. The minimum Gasteiger partial charge on any atom is -0.438 e. The number of amides is 1. The maximum absolute atomic E-state index is 12.8. The number of nitrogens with two attached hydrogens (primary N) is 1. The molecule has 0 unspecified atom stereocenters. The number of rotatable bonds is 6. The Labute approximate surface area is 169 Å². The summed E-state index contributed by atoms with van der Waals surface area (Å²) < 4.78 is 7.92. The third-order valence-corrected chi connectivity index (χ3v) is 4.85. The molecule has 0 spiro atoms. The molecular formula is C23H22N4O2. The summed E-state index contributed by atoms with van der Waals surface area (Å²) in [6.07, 6.45) is 3.58. The lowest BCUT2D eigenvalue weighted by Gasteiger charge is -2.18. The molecule has 1 amide bonds. The number of nitrogens with zero attached hydrogens (tertiary/aromatic N) is 3. The molecule has 6 heteroatoms. The van der Waals surface area contributed by atoms with Crippen molar-refractivity contribution in [3.05, 3.63) is 84.7 Å². The largest absolute Gasteiger partial charge is 0.438 e. The summed E-state index contributed by atoms with van der Waals surface area (Å²) in [4.78, 5) is 18.7. The lowest BCUT2D eigenvalue weighted by Crippen LogP contribution is -2.29. The van der Waals surface area contributed by atoms with Gasteiger partial charge >= 0.3 is 0 Å². The van der Waals surface area contributed by atoms with Crippen molar-refractivity contribution in [1.82, 2.24) is 9.55 Å². The molecule has 6 nitrogen and oxygen atoms in total. The number of hydrogen-bond acceptors (Lipinski definition) is 4. The zero-order valence-corrected chi connectivity index (χ0v) is 16.2. The summed E-state index contributed by atoms with van der Waals surface area (Å²) in [5.41, 5.74) is 8.44. The van der Waals surface area contributed by atoms with E-state index in [9.17, 15) is 4.79 Å². The molecule has 0 radical (unpaired) electrons. The van der Waals surface area contributed by atoms with Gasteiger partial charge in [0.2, 0.25) is 11.8 Å². The van der Waals surface area contributed by atoms with Crippen LogP contribution in [-0.4, -0.2) is 22.5 Å². The quantitative estimate of drug-likeness (QED) is 0.545. The van der Waals surface area contributed by atoms with E-state index in [1.807, 2.05) is 77.5 Å². The third kappa shape index (κ3) is 3.97. The Morgan fingerprint density at radius 1 is 1.10 bits per heavy atom. The summed E-state index contributed by atoms with van der Waals surface area (Å²) in [6, 6.07) is 21.0. The number of anilines is 1. The van der Waals surface area contributed by atoms with Gasteiger partial charge < -0.3 is 19.9 Å². The van der Waals surface area contributed by atoms with Gasteiger partial charge in [-0.2, -0.15) is 0 Å². The molecule has 0 aliphatic rings. The molecule has 0 fully saturated rings. The molecule has 2 heterocycles. The molecule has 0 bridgehead atoms. The SMILES string of the molecule is CN(C(=O)Cn1ccc2c(Oc3cc(CN)ccn3)cccc21)c1ccccc1. The predicted octanol–water partition coefficient (Wildman–Crippen LogP) is 3.95. The Morgan fingerprint density at radius 2 is 1.93 bits per heavy atom. The number of para-hydroxylation sites is 1.